The van der Waals surface area contributed by atoms with Crippen molar-refractivity contribution in [1.82, 2.24) is 0 Å². The minimum atomic E-state index is -0.407. The molecule has 5 nitrogen and oxygen atoms in total. The summed E-state index contributed by atoms with van der Waals surface area (Å²) in [6.45, 7) is 47.6. The van der Waals surface area contributed by atoms with Gasteiger partial charge in [0.15, 0.2) is 0 Å². The smallest absolute Gasteiger partial charge is 0.300 e. The number of nitrogens with zero attached hydrogens (tertiary/aromatic N) is 3. The summed E-state index contributed by atoms with van der Waals surface area (Å²) in [5.74, 6) is 1.02. The van der Waals surface area contributed by atoms with Crippen LogP contribution in [-0.4, -0.2) is 17.9 Å². The van der Waals surface area contributed by atoms with Gasteiger partial charge in [0, 0.05) is 72.6 Å². The van der Waals surface area contributed by atoms with E-state index >= 15 is 0 Å². The SMILES string of the molecule is Cc1cc(C(C)(C)C)ccc1N1C2=C(OC3(C)CCCC23C)B2c3c1cc(N1c4ccc(C(C)(C)C)cc4C4(C)CCCCC14C)cc3N(c1ccc(C(C)(C)C)cc1C)c1ccc3c4c(oc3c12)-c1cc(C(C)(C)C)ccc1C4(C)C. The van der Waals surface area contributed by atoms with E-state index in [9.17, 15) is 0 Å². The van der Waals surface area contributed by atoms with Crippen molar-refractivity contribution in [2.45, 2.75) is 227 Å². The third-order valence-corrected chi connectivity index (χ3v) is 22.6. The molecule has 4 atom stereocenters. The number of rotatable bonds is 3. The quantitative estimate of drug-likeness (QED) is 0.165. The normalized spacial score (nSPS) is 25.0. The summed E-state index contributed by atoms with van der Waals surface area (Å²) < 4.78 is 15.9. The maximum atomic E-state index is 8.03. The molecule has 0 bridgehead atoms. The maximum absolute atomic E-state index is 8.03. The third kappa shape index (κ3) is 6.99. The molecule has 0 radical (unpaired) electrons. The van der Waals surface area contributed by atoms with Gasteiger partial charge in [-0.15, -0.1) is 0 Å². The highest BCUT2D eigenvalue weighted by Gasteiger charge is 2.65. The monoisotopic (exact) mass is 1090 g/mol. The number of hydrogen-bond acceptors (Lipinski definition) is 5. The van der Waals surface area contributed by atoms with Gasteiger partial charge < -0.3 is 23.9 Å². The predicted octanol–water partition coefficient (Wildman–Crippen LogP) is 19.6. The van der Waals surface area contributed by atoms with E-state index in [4.69, 9.17) is 9.15 Å². The molecule has 424 valence electrons. The predicted molar refractivity (Wildman–Crippen MR) is 348 cm³/mol. The first kappa shape index (κ1) is 53.8. The summed E-state index contributed by atoms with van der Waals surface area (Å²) in [5.41, 5.74) is 26.7. The van der Waals surface area contributed by atoms with Crippen LogP contribution in [-0.2, 0) is 37.2 Å². The van der Waals surface area contributed by atoms with Gasteiger partial charge in [-0.1, -0.05) is 172 Å². The van der Waals surface area contributed by atoms with Gasteiger partial charge in [0.2, 0.25) is 0 Å². The molecule has 0 saturated heterocycles. The summed E-state index contributed by atoms with van der Waals surface area (Å²) in [6, 6.07) is 39.5. The Morgan fingerprint density at radius 3 is 1.61 bits per heavy atom. The van der Waals surface area contributed by atoms with E-state index < -0.39 is 5.60 Å². The molecule has 5 heterocycles. The van der Waals surface area contributed by atoms with Crippen molar-refractivity contribution in [2.24, 2.45) is 5.41 Å². The van der Waals surface area contributed by atoms with Crippen molar-refractivity contribution in [3.8, 4) is 11.3 Å². The molecule has 14 rings (SSSR count). The molecule has 6 aromatic carbocycles. The fourth-order valence-electron chi connectivity index (χ4n) is 17.2. The molecule has 0 spiro atoms. The molecular weight excluding hydrogens is 998 g/mol. The summed E-state index contributed by atoms with van der Waals surface area (Å²) in [4.78, 5) is 8.27. The van der Waals surface area contributed by atoms with Gasteiger partial charge >= 0.3 is 6.71 Å². The van der Waals surface area contributed by atoms with Crippen molar-refractivity contribution in [3.63, 3.8) is 0 Å². The molecule has 4 aliphatic heterocycles. The highest BCUT2D eigenvalue weighted by Crippen LogP contribution is 2.67. The van der Waals surface area contributed by atoms with Crippen LogP contribution in [0.4, 0.5) is 39.8 Å². The number of furan rings is 1. The number of anilines is 7. The molecule has 2 saturated carbocycles. The molecule has 1 aromatic heterocycles. The molecule has 0 N–H and O–H groups in total. The first-order valence-electron chi connectivity index (χ1n) is 31.4. The molecule has 4 unspecified atom stereocenters. The molecule has 2 fully saturated rings. The number of fused-ring (bicyclic) bond motifs is 14. The largest absolute Gasteiger partial charge is 0.498 e. The summed E-state index contributed by atoms with van der Waals surface area (Å²) >= 11 is 0. The molecule has 7 aliphatic rings. The average Bonchev–Trinajstić information content (AvgIpc) is 1.98. The summed E-state index contributed by atoms with van der Waals surface area (Å²) in [7, 11) is 0. The Morgan fingerprint density at radius 1 is 0.476 bits per heavy atom. The van der Waals surface area contributed by atoms with Crippen molar-refractivity contribution < 1.29 is 9.15 Å². The number of aryl methyl sites for hydroxylation is 2. The maximum Gasteiger partial charge on any atom is 0.300 e. The van der Waals surface area contributed by atoms with E-state index in [-0.39, 0.29) is 50.2 Å². The molecule has 6 heteroatoms. The minimum Gasteiger partial charge on any atom is -0.498 e. The lowest BCUT2D eigenvalue weighted by molar-refractivity contribution is -0.00316. The lowest BCUT2D eigenvalue weighted by Gasteiger charge is -2.51. The van der Waals surface area contributed by atoms with Crippen LogP contribution in [0, 0.1) is 19.3 Å². The van der Waals surface area contributed by atoms with Crippen LogP contribution in [0.2, 0.25) is 0 Å². The fraction of sp³-hybridized carbons (Fsp3) is 0.474. The highest BCUT2D eigenvalue weighted by atomic mass is 16.5. The lowest BCUT2D eigenvalue weighted by Crippen LogP contribution is -2.57. The first-order chi connectivity index (χ1) is 38.2. The number of hydrogen-bond donors (Lipinski definition) is 0. The summed E-state index contributed by atoms with van der Waals surface area (Å²) in [6.07, 6.45) is 7.90. The Labute approximate surface area is 492 Å². The molecule has 7 aromatic rings. The first-order valence-corrected chi connectivity index (χ1v) is 31.4. The van der Waals surface area contributed by atoms with Gasteiger partial charge in [-0.05, 0) is 180 Å². The third-order valence-electron chi connectivity index (χ3n) is 22.6. The van der Waals surface area contributed by atoms with Crippen LogP contribution in [0.3, 0.4) is 0 Å². The Morgan fingerprint density at radius 2 is 1.00 bits per heavy atom. The van der Waals surface area contributed by atoms with E-state index in [1.807, 2.05) is 0 Å². The lowest BCUT2D eigenvalue weighted by atomic mass is 9.35. The summed E-state index contributed by atoms with van der Waals surface area (Å²) in [5, 5.41) is 1.20. The van der Waals surface area contributed by atoms with Crippen molar-refractivity contribution in [2.75, 3.05) is 14.7 Å². The van der Waals surface area contributed by atoms with E-state index in [1.54, 1.807) is 0 Å². The Balaban J connectivity index is 1.14. The minimum absolute atomic E-state index is 0.00689. The average molecular weight is 1090 g/mol. The van der Waals surface area contributed by atoms with Gasteiger partial charge in [-0.25, -0.2) is 0 Å². The van der Waals surface area contributed by atoms with Crippen LogP contribution in [0.15, 0.2) is 113 Å². The zero-order valence-corrected chi connectivity index (χ0v) is 53.4. The van der Waals surface area contributed by atoms with E-state index in [2.05, 4.69) is 250 Å². The second-order valence-corrected chi connectivity index (χ2v) is 32.2. The van der Waals surface area contributed by atoms with E-state index in [0.717, 1.165) is 49.1 Å². The molecule has 82 heavy (non-hydrogen) atoms. The van der Waals surface area contributed by atoms with Crippen molar-refractivity contribution >= 4 is 68.4 Å². The van der Waals surface area contributed by atoms with E-state index in [0.29, 0.717) is 0 Å². The van der Waals surface area contributed by atoms with Gasteiger partial charge in [-0.3, -0.25) is 0 Å². The molecule has 0 amide bonds. The Kier molecular flexibility index (Phi) is 10.9. The Hall–Kier alpha value is -6.14. The fourth-order valence-corrected chi connectivity index (χ4v) is 17.2. The van der Waals surface area contributed by atoms with Crippen LogP contribution in [0.1, 0.15) is 220 Å². The highest BCUT2D eigenvalue weighted by molar-refractivity contribution is 6.96. The van der Waals surface area contributed by atoms with Crippen molar-refractivity contribution in [3.05, 3.63) is 158 Å². The number of ether oxygens (including phenoxy) is 1. The molecular formula is C76H90BN3O2. The van der Waals surface area contributed by atoms with Crippen molar-refractivity contribution in [1.29, 1.82) is 0 Å². The zero-order chi connectivity index (χ0) is 58.3. The second-order valence-electron chi connectivity index (χ2n) is 32.2. The second kappa shape index (κ2) is 16.6. The topological polar surface area (TPSA) is 32.1 Å². The van der Waals surface area contributed by atoms with Crippen LogP contribution in [0.5, 0.6) is 0 Å². The number of benzene rings is 6. The standard InChI is InChI=1S/C76H90BN3O2/c1-44-38-46(68(3,4)5)25-30-55(44)78-58-33-28-51-61-64(52-40-48(70(9,10)11)24-29-53(52)72(61,15)16)81-65(51)63(58)77-62-59(78)42-50(80-57-32-27-49(71(12,13)14)41-54(57)73(17)34-21-22-36-75(73,80)19)43-60(62)79(56-31-26-47(39-45(56)2)69(6,7)8)66-67(77)82-76(20)37-23-35-74(66,76)18/h24-33,38-43H,21-23,34-37H2,1-20H3. The van der Waals surface area contributed by atoms with Crippen LogP contribution >= 0.6 is 0 Å². The Bertz CT molecular complexity index is 3970. The zero-order valence-electron chi connectivity index (χ0n) is 53.4. The van der Waals surface area contributed by atoms with Gasteiger partial charge in [0.05, 0.1) is 22.3 Å². The van der Waals surface area contributed by atoms with Gasteiger partial charge in [-0.2, -0.15) is 0 Å². The molecule has 3 aliphatic carbocycles. The van der Waals surface area contributed by atoms with Crippen LogP contribution in [0.25, 0.3) is 22.3 Å². The van der Waals surface area contributed by atoms with Crippen LogP contribution < -0.4 is 25.6 Å². The van der Waals surface area contributed by atoms with E-state index in [1.165, 1.54) is 130 Å². The van der Waals surface area contributed by atoms with Gasteiger partial charge in [0.25, 0.3) is 0 Å². The van der Waals surface area contributed by atoms with Gasteiger partial charge in [0.1, 0.15) is 16.9 Å².